The van der Waals surface area contributed by atoms with Crippen molar-refractivity contribution in [1.29, 1.82) is 0 Å². The van der Waals surface area contributed by atoms with E-state index in [1.807, 2.05) is 0 Å². The van der Waals surface area contributed by atoms with Crippen molar-refractivity contribution in [2.24, 2.45) is 5.73 Å². The van der Waals surface area contributed by atoms with Crippen LogP contribution in [-0.4, -0.2) is 42.4 Å². The van der Waals surface area contributed by atoms with E-state index in [0.717, 1.165) is 18.9 Å². The second-order valence-electron chi connectivity index (χ2n) is 7.69. The van der Waals surface area contributed by atoms with Gasteiger partial charge in [0.05, 0.1) is 18.0 Å². The molecule has 2 heterocycles. The highest BCUT2D eigenvalue weighted by atomic mass is 19.1. The second kappa shape index (κ2) is 8.66. The molecule has 1 aromatic heterocycles. The standard InChI is InChI=1S/C21H23F2N3O4.CH4/c1-30-20-17-13(19(27)14(21(28)29)10-26(17)12-4-5-12)7-15(22)18(20)25-6-2-3-11(9-25)16(23)8-24;/h7,10,12H,2-6,8-9,24H2,1H3,(H,28,29);1H4/b16-11+;. The van der Waals surface area contributed by atoms with Gasteiger partial charge in [0.1, 0.15) is 17.1 Å². The van der Waals surface area contributed by atoms with Crippen molar-refractivity contribution < 1.29 is 23.4 Å². The van der Waals surface area contributed by atoms with Crippen molar-refractivity contribution in [3.05, 3.63) is 45.3 Å². The van der Waals surface area contributed by atoms with Crippen LogP contribution in [0.25, 0.3) is 10.9 Å². The first-order valence-corrected chi connectivity index (χ1v) is 9.87. The summed E-state index contributed by atoms with van der Waals surface area (Å²) in [6, 6.07) is 1.09. The number of fused-ring (bicyclic) bond motifs is 1. The summed E-state index contributed by atoms with van der Waals surface area (Å²) in [7, 11) is 1.38. The number of nitrogens with zero attached hydrogens (tertiary/aromatic N) is 2. The molecule has 0 bridgehead atoms. The highest BCUT2D eigenvalue weighted by Crippen LogP contribution is 2.44. The summed E-state index contributed by atoms with van der Waals surface area (Å²) in [5.41, 5.74) is 5.29. The number of carboxylic acids is 1. The Labute approximate surface area is 178 Å². The third-order valence-corrected chi connectivity index (χ3v) is 5.74. The molecule has 1 saturated heterocycles. The van der Waals surface area contributed by atoms with Gasteiger partial charge in [0.25, 0.3) is 0 Å². The quantitative estimate of drug-likeness (QED) is 0.745. The fraction of sp³-hybridized carbons (Fsp3) is 0.455. The molecule has 2 aliphatic rings. The summed E-state index contributed by atoms with van der Waals surface area (Å²) in [5.74, 6) is -2.32. The molecule has 9 heteroatoms. The van der Waals surface area contributed by atoms with Crippen molar-refractivity contribution >= 4 is 22.6 Å². The minimum absolute atomic E-state index is 0. The molecule has 1 aromatic carbocycles. The number of ether oxygens (including phenoxy) is 1. The van der Waals surface area contributed by atoms with Crippen LogP contribution >= 0.6 is 0 Å². The smallest absolute Gasteiger partial charge is 0.341 e. The number of carboxylic acid groups (broad SMARTS) is 1. The summed E-state index contributed by atoms with van der Waals surface area (Å²) < 4.78 is 36.6. The molecule has 3 N–H and O–H groups in total. The SMILES string of the molecule is C.COc1c(N2CCC/C(=C(\F)CN)C2)c(F)cc2c(=O)c(C(=O)O)cn(C3CC3)c12. The summed E-state index contributed by atoms with van der Waals surface area (Å²) in [6.45, 7) is 0.448. The predicted octanol–water partition coefficient (Wildman–Crippen LogP) is 3.60. The third-order valence-electron chi connectivity index (χ3n) is 5.74. The molecule has 0 spiro atoms. The summed E-state index contributed by atoms with van der Waals surface area (Å²) in [6.07, 6.45) is 4.13. The first kappa shape index (κ1) is 22.7. The van der Waals surface area contributed by atoms with Gasteiger partial charge in [-0.3, -0.25) is 4.79 Å². The molecule has 168 valence electrons. The first-order valence-electron chi connectivity index (χ1n) is 9.87. The van der Waals surface area contributed by atoms with Crippen LogP contribution in [0.1, 0.15) is 49.5 Å². The Morgan fingerprint density at radius 2 is 2.10 bits per heavy atom. The molecule has 1 aliphatic heterocycles. The van der Waals surface area contributed by atoms with Gasteiger partial charge >= 0.3 is 5.97 Å². The van der Waals surface area contributed by atoms with E-state index in [9.17, 15) is 19.1 Å². The zero-order valence-corrected chi connectivity index (χ0v) is 16.6. The fourth-order valence-corrected chi connectivity index (χ4v) is 4.15. The van der Waals surface area contributed by atoms with Gasteiger partial charge in [-0.2, -0.15) is 0 Å². The van der Waals surface area contributed by atoms with Gasteiger partial charge in [-0.15, -0.1) is 0 Å². The van der Waals surface area contributed by atoms with E-state index >= 15 is 4.39 Å². The molecule has 31 heavy (non-hydrogen) atoms. The van der Waals surface area contributed by atoms with Crippen molar-refractivity contribution in [2.75, 3.05) is 31.6 Å². The molecule has 2 fully saturated rings. The van der Waals surface area contributed by atoms with Crippen LogP contribution in [-0.2, 0) is 0 Å². The molecule has 0 atom stereocenters. The van der Waals surface area contributed by atoms with Gasteiger partial charge in [-0.25, -0.2) is 13.6 Å². The Morgan fingerprint density at radius 3 is 2.68 bits per heavy atom. The highest BCUT2D eigenvalue weighted by molar-refractivity contribution is 5.97. The molecule has 0 radical (unpaired) electrons. The van der Waals surface area contributed by atoms with Crippen molar-refractivity contribution in [3.8, 4) is 5.75 Å². The van der Waals surface area contributed by atoms with E-state index in [-0.39, 0.29) is 43.4 Å². The molecule has 2 aromatic rings. The maximum Gasteiger partial charge on any atom is 0.341 e. The molecule has 4 rings (SSSR count). The topological polar surface area (TPSA) is 97.8 Å². The number of aromatic carboxylic acids is 1. The van der Waals surface area contributed by atoms with Crippen LogP contribution in [0.15, 0.2) is 28.5 Å². The highest BCUT2D eigenvalue weighted by Gasteiger charge is 2.32. The Hall–Kier alpha value is -2.94. The van der Waals surface area contributed by atoms with E-state index in [1.165, 1.54) is 13.3 Å². The molecular formula is C22H27F2N3O4. The molecule has 1 saturated carbocycles. The molecule has 1 aliphatic carbocycles. The minimum Gasteiger partial charge on any atom is -0.492 e. The Morgan fingerprint density at radius 1 is 1.39 bits per heavy atom. The molecule has 7 nitrogen and oxygen atoms in total. The number of halogens is 2. The maximum absolute atomic E-state index is 15.3. The lowest BCUT2D eigenvalue weighted by atomic mass is 10.0. The lowest BCUT2D eigenvalue weighted by molar-refractivity contribution is 0.0694. The first-order chi connectivity index (χ1) is 14.4. The number of pyridine rings is 1. The average Bonchev–Trinajstić information content (AvgIpc) is 3.58. The van der Waals surface area contributed by atoms with Gasteiger partial charge < -0.3 is 25.0 Å². The lowest BCUT2D eigenvalue weighted by Crippen LogP contribution is -2.33. The fourth-order valence-electron chi connectivity index (χ4n) is 4.15. The van der Waals surface area contributed by atoms with Gasteiger partial charge in [-0.05, 0) is 37.3 Å². The Bertz CT molecular complexity index is 1120. The normalized spacial score (nSPS) is 18.0. The number of piperidine rings is 1. The molecule has 0 unspecified atom stereocenters. The minimum atomic E-state index is -1.36. The number of rotatable bonds is 5. The van der Waals surface area contributed by atoms with E-state index in [1.54, 1.807) is 9.47 Å². The third kappa shape index (κ3) is 3.89. The number of anilines is 1. The maximum atomic E-state index is 15.3. The monoisotopic (exact) mass is 435 g/mol. The van der Waals surface area contributed by atoms with Gasteiger partial charge in [0.2, 0.25) is 5.43 Å². The number of aromatic nitrogens is 1. The van der Waals surface area contributed by atoms with Crippen LogP contribution in [0, 0.1) is 5.82 Å². The lowest BCUT2D eigenvalue weighted by Gasteiger charge is -2.33. The largest absolute Gasteiger partial charge is 0.492 e. The number of hydrogen-bond donors (Lipinski definition) is 2. The van der Waals surface area contributed by atoms with Crippen molar-refractivity contribution in [1.82, 2.24) is 4.57 Å². The number of benzene rings is 1. The van der Waals surface area contributed by atoms with Gasteiger partial charge in [0.15, 0.2) is 11.6 Å². The van der Waals surface area contributed by atoms with E-state index in [4.69, 9.17) is 10.5 Å². The summed E-state index contributed by atoms with van der Waals surface area (Å²) in [4.78, 5) is 26.0. The zero-order chi connectivity index (χ0) is 21.6. The number of hydrogen-bond acceptors (Lipinski definition) is 5. The Kier molecular flexibility index (Phi) is 6.35. The van der Waals surface area contributed by atoms with Gasteiger partial charge in [0, 0.05) is 31.9 Å². The van der Waals surface area contributed by atoms with Crippen LogP contribution < -0.4 is 20.8 Å². The van der Waals surface area contributed by atoms with E-state index in [2.05, 4.69) is 0 Å². The summed E-state index contributed by atoms with van der Waals surface area (Å²) in [5, 5.41) is 9.37. The number of methoxy groups -OCH3 is 1. The van der Waals surface area contributed by atoms with Crippen LogP contribution in [0.4, 0.5) is 14.5 Å². The van der Waals surface area contributed by atoms with Gasteiger partial charge in [-0.1, -0.05) is 7.43 Å². The molecular weight excluding hydrogens is 408 g/mol. The second-order valence-corrected chi connectivity index (χ2v) is 7.69. The Balaban J connectivity index is 0.00000272. The molecule has 0 amide bonds. The van der Waals surface area contributed by atoms with Crippen molar-refractivity contribution in [2.45, 2.75) is 39.2 Å². The zero-order valence-electron chi connectivity index (χ0n) is 16.6. The van der Waals surface area contributed by atoms with Crippen LogP contribution in [0.3, 0.4) is 0 Å². The predicted molar refractivity (Wildman–Crippen MR) is 115 cm³/mol. The average molecular weight is 435 g/mol. The summed E-state index contributed by atoms with van der Waals surface area (Å²) >= 11 is 0. The van der Waals surface area contributed by atoms with Crippen molar-refractivity contribution in [3.63, 3.8) is 0 Å². The van der Waals surface area contributed by atoms with Crippen LogP contribution in [0.2, 0.25) is 0 Å². The van der Waals surface area contributed by atoms with Crippen LogP contribution in [0.5, 0.6) is 5.75 Å². The number of nitrogens with two attached hydrogens (primary N) is 1. The van der Waals surface area contributed by atoms with E-state index < -0.39 is 28.6 Å². The van der Waals surface area contributed by atoms with E-state index in [0.29, 0.717) is 30.5 Å². The number of carbonyl (C=O) groups is 1.